The van der Waals surface area contributed by atoms with E-state index in [0.29, 0.717) is 5.82 Å². The third-order valence-electron chi connectivity index (χ3n) is 3.13. The molecule has 0 saturated heterocycles. The fourth-order valence-electron chi connectivity index (χ4n) is 1.92. The number of thiazole rings is 1. The smallest absolute Gasteiger partial charge is 0.314 e. The largest absolute Gasteiger partial charge is 0.336 e. The normalized spacial score (nSPS) is 11.3. The van der Waals surface area contributed by atoms with Gasteiger partial charge >= 0.3 is 11.8 Å². The molecule has 0 bridgehead atoms. The molecule has 0 aliphatic carbocycles. The number of nitrogens with one attached hydrogen (secondary N) is 2. The van der Waals surface area contributed by atoms with E-state index in [4.69, 9.17) is 0 Å². The summed E-state index contributed by atoms with van der Waals surface area (Å²) in [6.45, 7) is 5.57. The topological polar surface area (TPSA) is 88.9 Å². The fraction of sp³-hybridized carbons (Fsp3) is 0.429. The molecular formula is C14H19N5O2S. The summed E-state index contributed by atoms with van der Waals surface area (Å²) in [6, 6.07) is 1.75. The Kier molecular flexibility index (Phi) is 4.60. The van der Waals surface area contributed by atoms with Crippen molar-refractivity contribution in [3.8, 4) is 0 Å². The summed E-state index contributed by atoms with van der Waals surface area (Å²) >= 11 is 1.42. The Morgan fingerprint density at radius 3 is 2.64 bits per heavy atom. The highest BCUT2D eigenvalue weighted by Crippen LogP contribution is 2.21. The van der Waals surface area contributed by atoms with Gasteiger partial charge < -0.3 is 10.6 Å². The number of hydrogen-bond acceptors (Lipinski definition) is 5. The highest BCUT2D eigenvalue weighted by Gasteiger charge is 2.28. The van der Waals surface area contributed by atoms with Gasteiger partial charge in [0.1, 0.15) is 10.8 Å². The van der Waals surface area contributed by atoms with Crippen LogP contribution >= 0.6 is 11.3 Å². The van der Waals surface area contributed by atoms with Gasteiger partial charge in [-0.3, -0.25) is 14.3 Å². The van der Waals surface area contributed by atoms with Crippen molar-refractivity contribution in [3.05, 3.63) is 28.3 Å². The van der Waals surface area contributed by atoms with Crippen LogP contribution in [0.3, 0.4) is 0 Å². The molecule has 0 saturated carbocycles. The van der Waals surface area contributed by atoms with Gasteiger partial charge in [0.05, 0.1) is 11.2 Å². The van der Waals surface area contributed by atoms with Crippen LogP contribution in [0.25, 0.3) is 0 Å². The lowest BCUT2D eigenvalue weighted by Gasteiger charge is -2.23. The first-order valence-electron chi connectivity index (χ1n) is 6.90. The number of carbonyl (C=O) groups excluding carboxylic acids is 2. The second-order valence-electron chi connectivity index (χ2n) is 5.37. The second kappa shape index (κ2) is 6.27. The molecule has 0 radical (unpaired) electrons. The van der Waals surface area contributed by atoms with Crippen LogP contribution in [-0.4, -0.2) is 26.6 Å². The van der Waals surface area contributed by atoms with Crippen molar-refractivity contribution in [2.75, 3.05) is 5.32 Å². The van der Waals surface area contributed by atoms with E-state index in [1.54, 1.807) is 33.2 Å². The molecule has 22 heavy (non-hydrogen) atoms. The number of carbonyl (C=O) groups is 2. The van der Waals surface area contributed by atoms with Crippen molar-refractivity contribution >= 4 is 29.0 Å². The summed E-state index contributed by atoms with van der Waals surface area (Å²) in [4.78, 5) is 28.3. The van der Waals surface area contributed by atoms with Crippen LogP contribution in [0.15, 0.2) is 17.6 Å². The Balaban J connectivity index is 2.03. The van der Waals surface area contributed by atoms with Gasteiger partial charge in [-0.05, 0) is 20.3 Å². The molecule has 118 valence electrons. The maximum atomic E-state index is 12.1. The van der Waals surface area contributed by atoms with Crippen LogP contribution in [0.4, 0.5) is 5.82 Å². The van der Waals surface area contributed by atoms with Gasteiger partial charge in [-0.15, -0.1) is 11.3 Å². The lowest BCUT2D eigenvalue weighted by atomic mass is 10.1. The molecule has 0 aliphatic heterocycles. The number of anilines is 1. The quantitative estimate of drug-likeness (QED) is 0.834. The minimum absolute atomic E-state index is 0.490. The van der Waals surface area contributed by atoms with Gasteiger partial charge in [0.25, 0.3) is 0 Å². The third kappa shape index (κ3) is 3.51. The van der Waals surface area contributed by atoms with Gasteiger partial charge in [-0.2, -0.15) is 5.10 Å². The maximum Gasteiger partial charge on any atom is 0.314 e. The zero-order chi connectivity index (χ0) is 16.3. The number of aromatic nitrogens is 3. The lowest BCUT2D eigenvalue weighted by molar-refractivity contribution is -0.137. The predicted octanol–water partition coefficient (Wildman–Crippen LogP) is 1.43. The van der Waals surface area contributed by atoms with E-state index < -0.39 is 17.4 Å². The first-order valence-corrected chi connectivity index (χ1v) is 7.78. The molecule has 0 atom stereocenters. The second-order valence-corrected chi connectivity index (χ2v) is 6.26. The zero-order valence-corrected chi connectivity index (χ0v) is 13.8. The summed E-state index contributed by atoms with van der Waals surface area (Å²) in [6.07, 6.45) is 2.42. The molecule has 0 spiro atoms. The fourth-order valence-corrected chi connectivity index (χ4v) is 2.63. The Morgan fingerprint density at radius 1 is 1.36 bits per heavy atom. The summed E-state index contributed by atoms with van der Waals surface area (Å²) in [5.41, 5.74) is 0.144. The average molecular weight is 321 g/mol. The Bertz CT molecular complexity index is 675. The highest BCUT2D eigenvalue weighted by atomic mass is 32.1. The molecule has 0 fully saturated rings. The zero-order valence-electron chi connectivity index (χ0n) is 13.0. The van der Waals surface area contributed by atoms with E-state index in [1.165, 1.54) is 16.0 Å². The summed E-state index contributed by atoms with van der Waals surface area (Å²) < 4.78 is 1.54. The molecule has 2 amide bonds. The standard InChI is InChI=1S/C14H19N5O2S/c1-5-9-8-10(19(4)18-9)16-11(20)12(21)17-14(2,3)13-15-6-7-22-13/h6-8H,5H2,1-4H3,(H,16,20)(H,17,21). The summed E-state index contributed by atoms with van der Waals surface area (Å²) in [5, 5.41) is 12.0. The van der Waals surface area contributed by atoms with E-state index in [-0.39, 0.29) is 0 Å². The van der Waals surface area contributed by atoms with Crippen molar-refractivity contribution in [1.82, 2.24) is 20.1 Å². The molecule has 2 heterocycles. The van der Waals surface area contributed by atoms with Crippen molar-refractivity contribution in [2.24, 2.45) is 7.05 Å². The van der Waals surface area contributed by atoms with E-state index in [9.17, 15) is 9.59 Å². The number of aryl methyl sites for hydroxylation is 2. The van der Waals surface area contributed by atoms with Crippen LogP contribution in [0, 0.1) is 0 Å². The van der Waals surface area contributed by atoms with Gasteiger partial charge in [0.15, 0.2) is 0 Å². The van der Waals surface area contributed by atoms with Crippen LogP contribution in [0.2, 0.25) is 0 Å². The number of nitrogens with zero attached hydrogens (tertiary/aromatic N) is 3. The minimum atomic E-state index is -0.727. The molecule has 0 aromatic carbocycles. The SMILES string of the molecule is CCc1cc(NC(=O)C(=O)NC(C)(C)c2nccs2)n(C)n1. The summed E-state index contributed by atoms with van der Waals surface area (Å²) in [5.74, 6) is -0.946. The monoisotopic (exact) mass is 321 g/mol. The third-order valence-corrected chi connectivity index (χ3v) is 4.23. The summed E-state index contributed by atoms with van der Waals surface area (Å²) in [7, 11) is 1.71. The molecule has 2 aromatic heterocycles. The van der Waals surface area contributed by atoms with Gasteiger partial charge in [-0.1, -0.05) is 6.92 Å². The van der Waals surface area contributed by atoms with Crippen LogP contribution in [0.1, 0.15) is 31.5 Å². The van der Waals surface area contributed by atoms with E-state index in [1.807, 2.05) is 12.3 Å². The predicted molar refractivity (Wildman–Crippen MR) is 84.5 cm³/mol. The molecule has 0 aliphatic rings. The van der Waals surface area contributed by atoms with Gasteiger partial charge in [0.2, 0.25) is 0 Å². The Labute approximate surface area is 132 Å². The van der Waals surface area contributed by atoms with Gasteiger partial charge in [0, 0.05) is 24.7 Å². The van der Waals surface area contributed by atoms with Crippen LogP contribution in [0.5, 0.6) is 0 Å². The number of amides is 2. The minimum Gasteiger partial charge on any atom is -0.336 e. The maximum absolute atomic E-state index is 12.1. The van der Waals surface area contributed by atoms with E-state index in [0.717, 1.165) is 17.1 Å². The molecule has 0 unspecified atom stereocenters. The number of rotatable bonds is 4. The average Bonchev–Trinajstić information content (AvgIpc) is 3.09. The Morgan fingerprint density at radius 2 is 2.09 bits per heavy atom. The molecule has 2 aromatic rings. The Hall–Kier alpha value is -2.22. The first-order chi connectivity index (χ1) is 10.3. The van der Waals surface area contributed by atoms with Crippen molar-refractivity contribution in [1.29, 1.82) is 0 Å². The lowest BCUT2D eigenvalue weighted by Crippen LogP contribution is -2.46. The van der Waals surface area contributed by atoms with Crippen molar-refractivity contribution < 1.29 is 9.59 Å². The first kappa shape index (κ1) is 16.2. The number of hydrogen-bond donors (Lipinski definition) is 2. The molecular weight excluding hydrogens is 302 g/mol. The van der Waals surface area contributed by atoms with Crippen molar-refractivity contribution in [2.45, 2.75) is 32.7 Å². The van der Waals surface area contributed by atoms with E-state index >= 15 is 0 Å². The molecule has 2 rings (SSSR count). The van der Waals surface area contributed by atoms with Crippen molar-refractivity contribution in [3.63, 3.8) is 0 Å². The molecule has 7 nitrogen and oxygen atoms in total. The molecule has 2 N–H and O–H groups in total. The van der Waals surface area contributed by atoms with Crippen LogP contribution < -0.4 is 10.6 Å². The van der Waals surface area contributed by atoms with Crippen LogP contribution in [-0.2, 0) is 28.6 Å². The van der Waals surface area contributed by atoms with Gasteiger partial charge in [-0.25, -0.2) is 4.98 Å². The molecule has 8 heteroatoms. The van der Waals surface area contributed by atoms with E-state index in [2.05, 4.69) is 20.7 Å². The highest BCUT2D eigenvalue weighted by molar-refractivity contribution is 7.09.